The smallest absolute Gasteiger partial charge is 0.204 e. The fourth-order valence-electron chi connectivity index (χ4n) is 2.01. The summed E-state index contributed by atoms with van der Waals surface area (Å²) in [4.78, 5) is 10.4. The molecule has 1 aliphatic rings. The first kappa shape index (κ1) is 10.1. The lowest BCUT2D eigenvalue weighted by atomic mass is 10.3. The van der Waals surface area contributed by atoms with Gasteiger partial charge in [0.05, 0.1) is 11.0 Å². The Hall–Kier alpha value is -1.03. The minimum Gasteiger partial charge on any atom is -0.339 e. The van der Waals surface area contributed by atoms with E-state index in [1.54, 1.807) is 0 Å². The molecule has 1 aromatic heterocycles. The molecule has 1 aliphatic carbocycles. The molecule has 1 aromatic carbocycles. The highest BCUT2D eigenvalue weighted by atomic mass is 79.9. The van der Waals surface area contributed by atoms with E-state index in [4.69, 9.17) is 0 Å². The van der Waals surface area contributed by atoms with Gasteiger partial charge in [-0.15, -0.1) is 0 Å². The van der Waals surface area contributed by atoms with Crippen LogP contribution >= 0.6 is 15.9 Å². The minimum atomic E-state index is 0.693. The van der Waals surface area contributed by atoms with Crippen LogP contribution in [0, 0.1) is 0 Å². The van der Waals surface area contributed by atoms with Crippen LogP contribution in [0.3, 0.4) is 0 Å². The van der Waals surface area contributed by atoms with E-state index in [9.17, 15) is 0 Å². The van der Waals surface area contributed by atoms with Gasteiger partial charge >= 0.3 is 0 Å². The van der Waals surface area contributed by atoms with E-state index in [0.29, 0.717) is 6.04 Å². The summed E-state index contributed by atoms with van der Waals surface area (Å²) in [5.41, 5.74) is 2.18. The highest BCUT2D eigenvalue weighted by Crippen LogP contribution is 2.30. The van der Waals surface area contributed by atoms with Crippen molar-refractivity contribution in [1.82, 2.24) is 9.97 Å². The van der Waals surface area contributed by atoms with Gasteiger partial charge in [0.25, 0.3) is 0 Å². The quantitative estimate of drug-likeness (QED) is 0.873. The monoisotopic (exact) mass is 279 g/mol. The Bertz CT molecular complexity index is 457. The Morgan fingerprint density at radius 3 is 2.88 bits per heavy atom. The molecule has 0 spiro atoms. The highest BCUT2D eigenvalue weighted by Gasteiger charge is 2.30. The van der Waals surface area contributed by atoms with E-state index in [1.165, 1.54) is 12.8 Å². The number of halogens is 1. The molecule has 0 unspecified atom stereocenters. The van der Waals surface area contributed by atoms with Gasteiger partial charge in [-0.05, 0) is 25.0 Å². The number of fused-ring (bicyclic) bond motifs is 1. The maximum absolute atomic E-state index is 4.64. The van der Waals surface area contributed by atoms with Crippen LogP contribution in [-0.4, -0.2) is 27.9 Å². The summed E-state index contributed by atoms with van der Waals surface area (Å²) >= 11 is 3.50. The van der Waals surface area contributed by atoms with Crippen molar-refractivity contribution >= 4 is 32.9 Å². The fraction of sp³-hybridized carbons (Fsp3) is 0.417. The molecule has 0 aliphatic heterocycles. The number of para-hydroxylation sites is 2. The standard InChI is InChI=1S/C12H14BrN3/c13-7-8-16(9-5-6-9)12-14-10-3-1-2-4-11(10)15-12/h1-4,9H,5-8H2,(H,14,15). The number of aromatic amines is 1. The van der Waals surface area contributed by atoms with Crippen molar-refractivity contribution in [2.45, 2.75) is 18.9 Å². The van der Waals surface area contributed by atoms with Gasteiger partial charge in [-0.2, -0.15) is 0 Å². The second-order valence-corrected chi connectivity index (χ2v) is 4.98. The second-order valence-electron chi connectivity index (χ2n) is 4.19. The van der Waals surface area contributed by atoms with Gasteiger partial charge in [0.2, 0.25) is 5.95 Å². The third kappa shape index (κ3) is 1.82. The van der Waals surface area contributed by atoms with Gasteiger partial charge < -0.3 is 9.88 Å². The zero-order valence-electron chi connectivity index (χ0n) is 8.99. The molecule has 0 amide bonds. The van der Waals surface area contributed by atoms with Crippen molar-refractivity contribution in [1.29, 1.82) is 0 Å². The molecule has 2 aromatic rings. The largest absolute Gasteiger partial charge is 0.339 e. The third-order valence-corrected chi connectivity index (χ3v) is 3.32. The number of nitrogens with one attached hydrogen (secondary N) is 1. The second kappa shape index (κ2) is 4.09. The minimum absolute atomic E-state index is 0.693. The number of rotatable bonds is 4. The molecule has 0 saturated heterocycles. The molecule has 1 N–H and O–H groups in total. The van der Waals surface area contributed by atoms with Crippen LogP contribution in [0.1, 0.15) is 12.8 Å². The van der Waals surface area contributed by atoms with Gasteiger partial charge in [0.15, 0.2) is 0 Å². The maximum Gasteiger partial charge on any atom is 0.204 e. The number of alkyl halides is 1. The molecule has 3 nitrogen and oxygen atoms in total. The number of hydrogen-bond donors (Lipinski definition) is 1. The number of nitrogens with zero attached hydrogens (tertiary/aromatic N) is 2. The number of hydrogen-bond acceptors (Lipinski definition) is 2. The van der Waals surface area contributed by atoms with E-state index in [1.807, 2.05) is 12.1 Å². The van der Waals surface area contributed by atoms with Crippen LogP contribution in [-0.2, 0) is 0 Å². The average Bonchev–Trinajstić information content (AvgIpc) is 3.04. The van der Waals surface area contributed by atoms with E-state index >= 15 is 0 Å². The Morgan fingerprint density at radius 1 is 1.38 bits per heavy atom. The lowest BCUT2D eigenvalue weighted by Gasteiger charge is -2.19. The molecule has 3 rings (SSSR count). The van der Waals surface area contributed by atoms with E-state index in [0.717, 1.165) is 28.9 Å². The molecule has 84 valence electrons. The summed E-state index contributed by atoms with van der Waals surface area (Å²) < 4.78 is 0. The topological polar surface area (TPSA) is 31.9 Å². The zero-order chi connectivity index (χ0) is 11.0. The van der Waals surface area contributed by atoms with E-state index in [2.05, 4.69) is 42.9 Å². The molecule has 16 heavy (non-hydrogen) atoms. The summed E-state index contributed by atoms with van der Waals surface area (Å²) in [6, 6.07) is 8.88. The Balaban J connectivity index is 1.96. The summed E-state index contributed by atoms with van der Waals surface area (Å²) in [6.45, 7) is 1.02. The number of aromatic nitrogens is 2. The summed E-state index contributed by atoms with van der Waals surface area (Å²) in [5, 5.41) is 0.987. The first-order valence-electron chi connectivity index (χ1n) is 5.66. The lowest BCUT2D eigenvalue weighted by Crippen LogP contribution is -2.28. The maximum atomic E-state index is 4.64. The van der Waals surface area contributed by atoms with Crippen LogP contribution in [0.25, 0.3) is 11.0 Å². The van der Waals surface area contributed by atoms with Crippen molar-refractivity contribution in [2.24, 2.45) is 0 Å². The molecular weight excluding hydrogens is 266 g/mol. The number of imidazole rings is 1. The predicted octanol–water partition coefficient (Wildman–Crippen LogP) is 2.93. The predicted molar refractivity (Wildman–Crippen MR) is 70.3 cm³/mol. The summed E-state index contributed by atoms with van der Waals surface area (Å²) in [5.74, 6) is 1.02. The molecule has 4 heteroatoms. The van der Waals surface area contributed by atoms with Gasteiger partial charge in [-0.3, -0.25) is 0 Å². The third-order valence-electron chi connectivity index (χ3n) is 2.96. The lowest BCUT2D eigenvalue weighted by molar-refractivity contribution is 0.805. The van der Waals surface area contributed by atoms with Crippen LogP contribution in [0.15, 0.2) is 24.3 Å². The zero-order valence-corrected chi connectivity index (χ0v) is 10.6. The van der Waals surface area contributed by atoms with Crippen molar-refractivity contribution in [2.75, 3.05) is 16.8 Å². The van der Waals surface area contributed by atoms with Crippen LogP contribution in [0.2, 0.25) is 0 Å². The number of benzene rings is 1. The van der Waals surface area contributed by atoms with Crippen molar-refractivity contribution < 1.29 is 0 Å². The van der Waals surface area contributed by atoms with Crippen molar-refractivity contribution in [3.63, 3.8) is 0 Å². The van der Waals surface area contributed by atoms with Gasteiger partial charge in [0.1, 0.15) is 0 Å². The fourth-order valence-corrected chi connectivity index (χ4v) is 2.40. The number of H-pyrrole nitrogens is 1. The van der Waals surface area contributed by atoms with E-state index in [-0.39, 0.29) is 0 Å². The molecule has 1 heterocycles. The molecule has 1 fully saturated rings. The Morgan fingerprint density at radius 2 is 2.19 bits per heavy atom. The number of anilines is 1. The van der Waals surface area contributed by atoms with Crippen LogP contribution in [0.5, 0.6) is 0 Å². The summed E-state index contributed by atoms with van der Waals surface area (Å²) in [7, 11) is 0. The molecule has 1 saturated carbocycles. The highest BCUT2D eigenvalue weighted by molar-refractivity contribution is 9.09. The summed E-state index contributed by atoms with van der Waals surface area (Å²) in [6.07, 6.45) is 2.59. The van der Waals surface area contributed by atoms with Gasteiger partial charge in [0, 0.05) is 17.9 Å². The van der Waals surface area contributed by atoms with E-state index < -0.39 is 0 Å². The Kier molecular flexibility index (Phi) is 2.59. The van der Waals surface area contributed by atoms with Gasteiger partial charge in [-0.25, -0.2) is 4.98 Å². The molecule has 0 radical (unpaired) electrons. The first-order valence-corrected chi connectivity index (χ1v) is 6.78. The molecule has 0 bridgehead atoms. The SMILES string of the molecule is BrCCN(c1nc2ccccc2[nH]1)C1CC1. The average molecular weight is 280 g/mol. The van der Waals surface area contributed by atoms with Gasteiger partial charge in [-0.1, -0.05) is 28.1 Å². The first-order chi connectivity index (χ1) is 7.88. The van der Waals surface area contributed by atoms with Crippen molar-refractivity contribution in [3.8, 4) is 0 Å². The molecular formula is C12H14BrN3. The normalized spacial score (nSPS) is 15.6. The van der Waals surface area contributed by atoms with Crippen LogP contribution in [0.4, 0.5) is 5.95 Å². The van der Waals surface area contributed by atoms with Crippen molar-refractivity contribution in [3.05, 3.63) is 24.3 Å². The Labute approximate surface area is 103 Å². The molecule has 0 atom stereocenters. The van der Waals surface area contributed by atoms with Crippen LogP contribution < -0.4 is 4.90 Å².